The zero-order valence-electron chi connectivity index (χ0n) is 8.65. The third-order valence-electron chi connectivity index (χ3n) is 2.94. The molecular weight excluding hydrogens is 168 g/mol. The molecule has 4 atom stereocenters. The van der Waals surface area contributed by atoms with Gasteiger partial charge in [0.15, 0.2) is 0 Å². The van der Waals surface area contributed by atoms with Crippen LogP contribution in [0.5, 0.6) is 0 Å². The Morgan fingerprint density at radius 3 is 2.38 bits per heavy atom. The lowest BCUT2D eigenvalue weighted by Gasteiger charge is -2.37. The summed E-state index contributed by atoms with van der Waals surface area (Å²) in [4.78, 5) is 11.4. The zero-order valence-corrected chi connectivity index (χ0v) is 8.65. The highest BCUT2D eigenvalue weighted by Crippen LogP contribution is 2.30. The van der Waals surface area contributed by atoms with E-state index in [0.29, 0.717) is 0 Å². The molecule has 0 aliphatic carbocycles. The first-order valence-electron chi connectivity index (χ1n) is 4.83. The van der Waals surface area contributed by atoms with E-state index in [1.165, 1.54) is 0 Å². The van der Waals surface area contributed by atoms with Gasteiger partial charge in [0.05, 0.1) is 12.0 Å². The topological polar surface area (TPSA) is 46.5 Å². The van der Waals surface area contributed by atoms with Crippen molar-refractivity contribution in [2.75, 3.05) is 0 Å². The summed E-state index contributed by atoms with van der Waals surface area (Å²) in [5.74, 6) is -0.443. The van der Waals surface area contributed by atoms with Gasteiger partial charge in [0.2, 0.25) is 0 Å². The average Bonchev–Trinajstić information content (AvgIpc) is 1.99. The molecule has 3 heteroatoms. The Morgan fingerprint density at radius 1 is 1.38 bits per heavy atom. The van der Waals surface area contributed by atoms with Gasteiger partial charge in [-0.05, 0) is 12.8 Å². The van der Waals surface area contributed by atoms with Crippen molar-refractivity contribution >= 4 is 5.97 Å². The number of carbonyl (C=O) groups is 1. The first kappa shape index (κ1) is 10.5. The Morgan fingerprint density at radius 2 is 1.92 bits per heavy atom. The van der Waals surface area contributed by atoms with E-state index in [1.807, 2.05) is 27.7 Å². The number of cyclic esters (lactones) is 1. The first-order valence-corrected chi connectivity index (χ1v) is 4.83. The molecule has 1 fully saturated rings. The van der Waals surface area contributed by atoms with Gasteiger partial charge in [-0.15, -0.1) is 0 Å². The number of aliphatic hydroxyl groups is 1. The molecule has 1 rings (SSSR count). The SMILES string of the molecule is CC(C)[C@@H]1C(=O)O[C@@H](C)[C@H](C)[C@H]1O. The maximum atomic E-state index is 11.4. The third kappa shape index (κ3) is 1.85. The van der Waals surface area contributed by atoms with Gasteiger partial charge < -0.3 is 9.84 Å². The van der Waals surface area contributed by atoms with E-state index >= 15 is 0 Å². The highest BCUT2D eigenvalue weighted by atomic mass is 16.5. The minimum Gasteiger partial charge on any atom is -0.462 e. The lowest BCUT2D eigenvalue weighted by molar-refractivity contribution is -0.180. The molecule has 1 aliphatic rings. The smallest absolute Gasteiger partial charge is 0.312 e. The van der Waals surface area contributed by atoms with E-state index in [0.717, 1.165) is 0 Å². The molecule has 0 amide bonds. The fourth-order valence-corrected chi connectivity index (χ4v) is 1.78. The summed E-state index contributed by atoms with van der Waals surface area (Å²) >= 11 is 0. The molecule has 3 nitrogen and oxygen atoms in total. The molecule has 0 unspecified atom stereocenters. The quantitative estimate of drug-likeness (QED) is 0.626. The van der Waals surface area contributed by atoms with Gasteiger partial charge in [0, 0.05) is 5.92 Å². The van der Waals surface area contributed by atoms with Gasteiger partial charge in [0.1, 0.15) is 6.10 Å². The maximum Gasteiger partial charge on any atom is 0.312 e. The summed E-state index contributed by atoms with van der Waals surface area (Å²) in [6.45, 7) is 7.59. The Kier molecular flexibility index (Phi) is 2.96. The monoisotopic (exact) mass is 186 g/mol. The standard InChI is InChI=1S/C10H18O3/c1-5(2)8-9(11)6(3)7(4)13-10(8)12/h5-9,11H,1-4H3/t6-,7-,8-,9+/m0/s1. The lowest BCUT2D eigenvalue weighted by atomic mass is 9.80. The van der Waals surface area contributed by atoms with E-state index in [-0.39, 0.29) is 29.8 Å². The third-order valence-corrected chi connectivity index (χ3v) is 2.94. The minimum atomic E-state index is -0.559. The predicted molar refractivity (Wildman–Crippen MR) is 49.1 cm³/mol. The van der Waals surface area contributed by atoms with Gasteiger partial charge in [-0.3, -0.25) is 4.79 Å². The molecule has 0 saturated carbocycles. The van der Waals surface area contributed by atoms with Crippen molar-refractivity contribution in [1.29, 1.82) is 0 Å². The number of hydrogen-bond donors (Lipinski definition) is 1. The fraction of sp³-hybridized carbons (Fsp3) is 0.900. The van der Waals surface area contributed by atoms with Gasteiger partial charge in [-0.2, -0.15) is 0 Å². The van der Waals surface area contributed by atoms with Crippen molar-refractivity contribution < 1.29 is 14.6 Å². The van der Waals surface area contributed by atoms with Crippen molar-refractivity contribution in [2.45, 2.75) is 39.9 Å². The molecule has 76 valence electrons. The van der Waals surface area contributed by atoms with E-state index < -0.39 is 6.10 Å². The molecule has 0 spiro atoms. The molecule has 13 heavy (non-hydrogen) atoms. The van der Waals surface area contributed by atoms with Crippen LogP contribution in [0.25, 0.3) is 0 Å². The van der Waals surface area contributed by atoms with Gasteiger partial charge >= 0.3 is 5.97 Å². The summed E-state index contributed by atoms with van der Waals surface area (Å²) in [7, 11) is 0. The van der Waals surface area contributed by atoms with Crippen LogP contribution in [0.3, 0.4) is 0 Å². The lowest BCUT2D eigenvalue weighted by Crippen LogP contribution is -2.48. The average molecular weight is 186 g/mol. The molecule has 0 aromatic carbocycles. The Balaban J connectivity index is 2.79. The number of carbonyl (C=O) groups excluding carboxylic acids is 1. The Labute approximate surface area is 79.1 Å². The maximum absolute atomic E-state index is 11.4. The normalized spacial score (nSPS) is 40.6. The van der Waals surface area contributed by atoms with E-state index in [2.05, 4.69) is 0 Å². The molecule has 1 N–H and O–H groups in total. The van der Waals surface area contributed by atoms with Crippen LogP contribution in [0.1, 0.15) is 27.7 Å². The van der Waals surface area contributed by atoms with Crippen LogP contribution < -0.4 is 0 Å². The first-order chi connectivity index (χ1) is 5.95. The van der Waals surface area contributed by atoms with Crippen molar-refractivity contribution in [3.63, 3.8) is 0 Å². The van der Waals surface area contributed by atoms with Crippen LogP contribution in [0.4, 0.5) is 0 Å². The highest BCUT2D eigenvalue weighted by molar-refractivity contribution is 5.74. The number of rotatable bonds is 1. The van der Waals surface area contributed by atoms with Crippen molar-refractivity contribution in [3.8, 4) is 0 Å². The van der Waals surface area contributed by atoms with Crippen LogP contribution in [0, 0.1) is 17.8 Å². The molecule has 0 aromatic rings. The second-order valence-electron chi connectivity index (χ2n) is 4.26. The van der Waals surface area contributed by atoms with Gasteiger partial charge in [-0.25, -0.2) is 0 Å². The molecule has 0 aromatic heterocycles. The van der Waals surface area contributed by atoms with Crippen LogP contribution in [0.2, 0.25) is 0 Å². The summed E-state index contributed by atoms with van der Waals surface area (Å²) in [5, 5.41) is 9.85. The summed E-state index contributed by atoms with van der Waals surface area (Å²) in [6, 6.07) is 0. The molecule has 0 bridgehead atoms. The van der Waals surface area contributed by atoms with Crippen molar-refractivity contribution in [3.05, 3.63) is 0 Å². The molecule has 0 radical (unpaired) electrons. The number of ether oxygens (including phenoxy) is 1. The van der Waals surface area contributed by atoms with Gasteiger partial charge in [0.25, 0.3) is 0 Å². The molecule has 1 heterocycles. The second kappa shape index (κ2) is 3.66. The number of esters is 1. The predicted octanol–water partition coefficient (Wildman–Crippen LogP) is 1.20. The van der Waals surface area contributed by atoms with Crippen LogP contribution >= 0.6 is 0 Å². The minimum absolute atomic E-state index is 0.0325. The summed E-state index contributed by atoms with van der Waals surface area (Å²) in [6.07, 6.45) is -0.728. The van der Waals surface area contributed by atoms with Crippen LogP contribution in [0.15, 0.2) is 0 Å². The number of aliphatic hydroxyl groups excluding tert-OH is 1. The Bertz CT molecular complexity index is 200. The van der Waals surface area contributed by atoms with E-state index in [4.69, 9.17) is 4.74 Å². The highest BCUT2D eigenvalue weighted by Gasteiger charge is 2.42. The Hall–Kier alpha value is -0.570. The van der Waals surface area contributed by atoms with Gasteiger partial charge in [-0.1, -0.05) is 20.8 Å². The van der Waals surface area contributed by atoms with Crippen LogP contribution in [-0.2, 0) is 9.53 Å². The van der Waals surface area contributed by atoms with Crippen LogP contribution in [-0.4, -0.2) is 23.3 Å². The van der Waals surface area contributed by atoms with Crippen molar-refractivity contribution in [1.82, 2.24) is 0 Å². The largest absolute Gasteiger partial charge is 0.462 e. The molecular formula is C10H18O3. The summed E-state index contributed by atoms with van der Waals surface area (Å²) in [5.41, 5.74) is 0. The van der Waals surface area contributed by atoms with E-state index in [1.54, 1.807) is 0 Å². The second-order valence-corrected chi connectivity index (χ2v) is 4.26. The summed E-state index contributed by atoms with van der Waals surface area (Å²) < 4.78 is 5.14. The van der Waals surface area contributed by atoms with Crippen molar-refractivity contribution in [2.24, 2.45) is 17.8 Å². The molecule has 1 aliphatic heterocycles. The molecule has 1 saturated heterocycles. The van der Waals surface area contributed by atoms with E-state index in [9.17, 15) is 9.90 Å². The fourth-order valence-electron chi connectivity index (χ4n) is 1.78. The zero-order chi connectivity index (χ0) is 10.2. The number of hydrogen-bond acceptors (Lipinski definition) is 3.